The van der Waals surface area contributed by atoms with Crippen LogP contribution in [0.4, 0.5) is 0 Å². The molecule has 0 aliphatic carbocycles. The number of fused-ring (bicyclic) bond motifs is 1. The number of nitrogens with zero attached hydrogens (tertiary/aromatic N) is 4. The van der Waals surface area contributed by atoms with Gasteiger partial charge in [0.25, 0.3) is 0 Å². The first-order chi connectivity index (χ1) is 13.5. The van der Waals surface area contributed by atoms with E-state index >= 15 is 0 Å². The zero-order chi connectivity index (χ0) is 19.7. The number of hydrogen-bond acceptors (Lipinski definition) is 6. The Morgan fingerprint density at radius 3 is 2.71 bits per heavy atom. The lowest BCUT2D eigenvalue weighted by molar-refractivity contribution is 0.414. The smallest absolute Gasteiger partial charge is 0.350 e. The summed E-state index contributed by atoms with van der Waals surface area (Å²) in [6.07, 6.45) is 1.36. The van der Waals surface area contributed by atoms with Crippen LogP contribution in [0.2, 0.25) is 0 Å². The third kappa shape index (κ3) is 3.54. The van der Waals surface area contributed by atoms with Crippen molar-refractivity contribution in [3.05, 3.63) is 58.6 Å². The Morgan fingerprint density at radius 1 is 1.18 bits per heavy atom. The van der Waals surface area contributed by atoms with Crippen LogP contribution in [0.5, 0.6) is 5.75 Å². The Bertz CT molecular complexity index is 1160. The molecule has 0 N–H and O–H groups in total. The van der Waals surface area contributed by atoms with Crippen molar-refractivity contribution in [3.63, 3.8) is 0 Å². The summed E-state index contributed by atoms with van der Waals surface area (Å²) in [7, 11) is -2.04. The van der Waals surface area contributed by atoms with E-state index in [1.165, 1.54) is 25.7 Å². The molecule has 1 aliphatic heterocycles. The largest absolute Gasteiger partial charge is 0.497 e. The van der Waals surface area contributed by atoms with Gasteiger partial charge in [-0.3, -0.25) is 0 Å². The van der Waals surface area contributed by atoms with E-state index < -0.39 is 10.0 Å². The molecule has 1 aliphatic rings. The quantitative estimate of drug-likeness (QED) is 0.618. The SMILES string of the molecule is COc1cccc(Cn2nc3ccc(S(=O)(=O)N4CCSCC4)cn3c2=O)c1. The van der Waals surface area contributed by atoms with Crippen LogP contribution in [0.3, 0.4) is 0 Å². The molecular formula is C18H20N4O4S2. The van der Waals surface area contributed by atoms with Gasteiger partial charge in [0.05, 0.1) is 18.6 Å². The summed E-state index contributed by atoms with van der Waals surface area (Å²) in [6.45, 7) is 1.23. The first kappa shape index (κ1) is 19.0. The summed E-state index contributed by atoms with van der Waals surface area (Å²) in [5, 5.41) is 4.31. The van der Waals surface area contributed by atoms with Gasteiger partial charge in [-0.2, -0.15) is 16.1 Å². The number of aromatic nitrogens is 3. The molecule has 3 aromatic rings. The molecule has 1 fully saturated rings. The van der Waals surface area contributed by atoms with Gasteiger partial charge in [0, 0.05) is 30.8 Å². The molecular weight excluding hydrogens is 400 g/mol. The van der Waals surface area contributed by atoms with Crippen LogP contribution >= 0.6 is 11.8 Å². The number of ether oxygens (including phenoxy) is 1. The number of hydrogen-bond donors (Lipinski definition) is 0. The minimum absolute atomic E-state index is 0.106. The van der Waals surface area contributed by atoms with E-state index in [-0.39, 0.29) is 17.1 Å². The zero-order valence-electron chi connectivity index (χ0n) is 15.3. The van der Waals surface area contributed by atoms with E-state index in [0.717, 1.165) is 17.1 Å². The van der Waals surface area contributed by atoms with Gasteiger partial charge in [0.1, 0.15) is 5.75 Å². The summed E-state index contributed by atoms with van der Waals surface area (Å²) in [6, 6.07) is 10.5. The Labute approximate surface area is 166 Å². The first-order valence-corrected chi connectivity index (χ1v) is 11.4. The number of benzene rings is 1. The van der Waals surface area contributed by atoms with Gasteiger partial charge in [0.15, 0.2) is 5.65 Å². The average molecular weight is 421 g/mol. The fraction of sp³-hybridized carbons (Fsp3) is 0.333. The maximum absolute atomic E-state index is 12.9. The molecule has 0 amide bonds. The van der Waals surface area contributed by atoms with E-state index in [2.05, 4.69) is 5.10 Å². The molecule has 0 saturated carbocycles. The van der Waals surface area contributed by atoms with Gasteiger partial charge < -0.3 is 4.74 Å². The van der Waals surface area contributed by atoms with Crippen LogP contribution in [0, 0.1) is 0 Å². The maximum Gasteiger partial charge on any atom is 0.350 e. The predicted molar refractivity (Wildman–Crippen MR) is 108 cm³/mol. The van der Waals surface area contributed by atoms with Crippen molar-refractivity contribution >= 4 is 27.4 Å². The molecule has 0 spiro atoms. The lowest BCUT2D eigenvalue weighted by Gasteiger charge is -2.25. The minimum atomic E-state index is -3.62. The van der Waals surface area contributed by atoms with Gasteiger partial charge in [-0.15, -0.1) is 5.10 Å². The van der Waals surface area contributed by atoms with E-state index in [9.17, 15) is 13.2 Å². The second kappa shape index (κ2) is 7.61. The van der Waals surface area contributed by atoms with Gasteiger partial charge in [-0.1, -0.05) is 12.1 Å². The zero-order valence-corrected chi connectivity index (χ0v) is 16.9. The highest BCUT2D eigenvalue weighted by molar-refractivity contribution is 7.99. The predicted octanol–water partition coefficient (Wildman–Crippen LogP) is 1.29. The Kier molecular flexibility index (Phi) is 5.17. The van der Waals surface area contributed by atoms with Crippen molar-refractivity contribution in [2.45, 2.75) is 11.4 Å². The first-order valence-electron chi connectivity index (χ1n) is 8.79. The van der Waals surface area contributed by atoms with Crippen LogP contribution in [0.1, 0.15) is 5.56 Å². The number of thioether (sulfide) groups is 1. The van der Waals surface area contributed by atoms with Crippen molar-refractivity contribution in [2.24, 2.45) is 0 Å². The monoisotopic (exact) mass is 420 g/mol. The minimum Gasteiger partial charge on any atom is -0.497 e. The van der Waals surface area contributed by atoms with Crippen LogP contribution in [-0.2, 0) is 16.6 Å². The van der Waals surface area contributed by atoms with Crippen molar-refractivity contribution in [1.29, 1.82) is 0 Å². The van der Waals surface area contributed by atoms with Crippen LogP contribution < -0.4 is 10.4 Å². The number of rotatable bonds is 5. The van der Waals surface area contributed by atoms with Crippen LogP contribution in [-0.4, -0.2) is 58.6 Å². The summed E-state index contributed by atoms with van der Waals surface area (Å²) in [4.78, 5) is 12.9. The highest BCUT2D eigenvalue weighted by atomic mass is 32.2. The molecule has 3 heterocycles. The summed E-state index contributed by atoms with van der Waals surface area (Å²) >= 11 is 1.74. The van der Waals surface area contributed by atoms with Crippen molar-refractivity contribution in [1.82, 2.24) is 18.5 Å². The molecule has 148 valence electrons. The molecule has 0 radical (unpaired) electrons. The standard InChI is InChI=1S/C18H20N4O4S2/c1-26-15-4-2-3-14(11-15)12-22-18(23)21-13-16(5-6-17(21)19-22)28(24,25)20-7-9-27-10-8-20/h2-6,11,13H,7-10,12H2,1H3. The number of methoxy groups -OCH3 is 1. The average Bonchev–Trinajstić information content (AvgIpc) is 3.03. The summed E-state index contributed by atoms with van der Waals surface area (Å²) < 4.78 is 35.0. The highest BCUT2D eigenvalue weighted by Gasteiger charge is 2.27. The Balaban J connectivity index is 1.69. The van der Waals surface area contributed by atoms with Crippen LogP contribution in [0.15, 0.2) is 52.3 Å². The molecule has 0 unspecified atom stereocenters. The van der Waals surface area contributed by atoms with Gasteiger partial charge >= 0.3 is 5.69 Å². The molecule has 1 aromatic carbocycles. The molecule has 28 heavy (non-hydrogen) atoms. The van der Waals surface area contributed by atoms with Crippen LogP contribution in [0.25, 0.3) is 5.65 Å². The molecule has 2 aromatic heterocycles. The lowest BCUT2D eigenvalue weighted by Crippen LogP contribution is -2.38. The van der Waals surface area contributed by atoms with Gasteiger partial charge in [-0.05, 0) is 29.8 Å². The molecule has 4 rings (SSSR count). The second-order valence-corrected chi connectivity index (χ2v) is 9.56. The molecule has 1 saturated heterocycles. The number of sulfonamides is 1. The Morgan fingerprint density at radius 2 is 1.96 bits per heavy atom. The Hall–Kier alpha value is -2.30. The summed E-state index contributed by atoms with van der Waals surface area (Å²) in [5.41, 5.74) is 0.883. The fourth-order valence-electron chi connectivity index (χ4n) is 3.13. The van der Waals surface area contributed by atoms with E-state index in [1.54, 1.807) is 24.9 Å². The van der Waals surface area contributed by atoms with Gasteiger partial charge in [0.2, 0.25) is 10.0 Å². The molecule has 8 nitrogen and oxygen atoms in total. The fourth-order valence-corrected chi connectivity index (χ4v) is 5.71. The van der Waals surface area contributed by atoms with Crippen molar-refractivity contribution in [2.75, 3.05) is 31.7 Å². The maximum atomic E-state index is 12.9. The molecule has 0 atom stereocenters. The highest BCUT2D eigenvalue weighted by Crippen LogP contribution is 2.20. The number of pyridine rings is 1. The molecule has 10 heteroatoms. The lowest BCUT2D eigenvalue weighted by atomic mass is 10.2. The van der Waals surface area contributed by atoms with Gasteiger partial charge in [-0.25, -0.2) is 22.3 Å². The van der Waals surface area contributed by atoms with Crippen molar-refractivity contribution in [3.8, 4) is 5.75 Å². The van der Waals surface area contributed by atoms with Crippen molar-refractivity contribution < 1.29 is 13.2 Å². The third-order valence-electron chi connectivity index (χ3n) is 4.62. The normalized spacial score (nSPS) is 15.8. The molecule has 0 bridgehead atoms. The second-order valence-electron chi connectivity index (χ2n) is 6.40. The van der Waals surface area contributed by atoms with E-state index in [0.29, 0.717) is 24.5 Å². The summed E-state index contributed by atoms with van der Waals surface area (Å²) in [5.74, 6) is 2.25. The third-order valence-corrected chi connectivity index (χ3v) is 7.45. The topological polar surface area (TPSA) is 85.9 Å². The van der Waals surface area contributed by atoms with E-state index in [4.69, 9.17) is 4.74 Å². The van der Waals surface area contributed by atoms with E-state index in [1.807, 2.05) is 24.3 Å².